The summed E-state index contributed by atoms with van der Waals surface area (Å²) in [6.45, 7) is 0.800. The molecule has 0 aromatic heterocycles. The maximum absolute atomic E-state index is 11.9. The van der Waals surface area contributed by atoms with Gasteiger partial charge in [-0.3, -0.25) is 10.1 Å². The van der Waals surface area contributed by atoms with Gasteiger partial charge in [-0.05, 0) is 35.4 Å². The molecule has 0 saturated carbocycles. The molecular weight excluding hydrogens is 306 g/mol. The van der Waals surface area contributed by atoms with E-state index in [0.717, 1.165) is 23.9 Å². The number of nitrogens with one attached hydrogen (secondary N) is 3. The van der Waals surface area contributed by atoms with E-state index in [2.05, 4.69) is 34.1 Å². The number of aryl methyl sites for hydroxylation is 2. The minimum absolute atomic E-state index is 0.0381. The normalized spacial score (nSPS) is 12.2. The number of carbonyl (C=O) groups is 2. The Kier molecular flexibility index (Phi) is 4.96. The zero-order chi connectivity index (χ0) is 16.9. The van der Waals surface area contributed by atoms with Gasteiger partial charge in [0.2, 0.25) is 5.91 Å². The Labute approximate surface area is 140 Å². The summed E-state index contributed by atoms with van der Waals surface area (Å²) in [5.41, 5.74) is 3.62. The molecule has 0 heterocycles. The second-order valence-electron chi connectivity index (χ2n) is 5.76. The fourth-order valence-electron chi connectivity index (χ4n) is 3.06. The van der Waals surface area contributed by atoms with E-state index in [1.165, 1.54) is 16.5 Å². The predicted molar refractivity (Wildman–Crippen MR) is 93.3 cm³/mol. The van der Waals surface area contributed by atoms with E-state index in [1.807, 2.05) is 12.1 Å². The fraction of sp³-hybridized carbons (Fsp3) is 0.333. The zero-order valence-electron chi connectivity index (χ0n) is 13.6. The van der Waals surface area contributed by atoms with E-state index in [4.69, 9.17) is 4.74 Å². The van der Waals surface area contributed by atoms with Crippen LogP contribution < -0.4 is 16.0 Å². The molecule has 3 N–H and O–H groups in total. The summed E-state index contributed by atoms with van der Waals surface area (Å²) in [7, 11) is 1.55. The van der Waals surface area contributed by atoms with Gasteiger partial charge in [-0.2, -0.15) is 0 Å². The van der Waals surface area contributed by atoms with Crippen LogP contribution in [0.2, 0.25) is 0 Å². The number of benzene rings is 2. The van der Waals surface area contributed by atoms with Crippen LogP contribution in [0.3, 0.4) is 0 Å². The van der Waals surface area contributed by atoms with Crippen molar-refractivity contribution in [2.24, 2.45) is 0 Å². The van der Waals surface area contributed by atoms with Gasteiger partial charge in [-0.1, -0.05) is 24.3 Å². The Morgan fingerprint density at radius 3 is 2.71 bits per heavy atom. The lowest BCUT2D eigenvalue weighted by Crippen LogP contribution is -2.42. The van der Waals surface area contributed by atoms with Crippen LogP contribution in [0, 0.1) is 0 Å². The van der Waals surface area contributed by atoms with Crippen molar-refractivity contribution in [2.75, 3.05) is 32.1 Å². The van der Waals surface area contributed by atoms with Gasteiger partial charge in [0.25, 0.3) is 0 Å². The molecule has 0 unspecified atom stereocenters. The van der Waals surface area contributed by atoms with Gasteiger partial charge in [0.1, 0.15) is 0 Å². The third kappa shape index (κ3) is 3.49. The largest absolute Gasteiger partial charge is 0.383 e. The monoisotopic (exact) mass is 327 g/mol. The minimum atomic E-state index is -0.515. The average molecular weight is 327 g/mol. The number of hydrogen-bond acceptors (Lipinski definition) is 4. The first kappa shape index (κ1) is 16.3. The topological polar surface area (TPSA) is 79.5 Å². The van der Waals surface area contributed by atoms with Crippen molar-refractivity contribution in [2.45, 2.75) is 12.8 Å². The zero-order valence-corrected chi connectivity index (χ0v) is 13.6. The first-order valence-electron chi connectivity index (χ1n) is 8.03. The lowest BCUT2D eigenvalue weighted by Gasteiger charge is -2.11. The summed E-state index contributed by atoms with van der Waals surface area (Å²) < 4.78 is 4.83. The van der Waals surface area contributed by atoms with Gasteiger partial charge in [0, 0.05) is 24.7 Å². The van der Waals surface area contributed by atoms with Crippen LogP contribution in [0.5, 0.6) is 0 Å². The molecule has 1 aliphatic carbocycles. The number of imide groups is 1. The van der Waals surface area contributed by atoms with Crippen molar-refractivity contribution in [3.63, 3.8) is 0 Å². The number of carbonyl (C=O) groups excluding carboxylic acids is 2. The second kappa shape index (κ2) is 7.31. The van der Waals surface area contributed by atoms with Gasteiger partial charge in [-0.15, -0.1) is 0 Å². The fourth-order valence-corrected chi connectivity index (χ4v) is 3.06. The Hall–Kier alpha value is -2.60. The summed E-state index contributed by atoms with van der Waals surface area (Å²) in [6, 6.07) is 9.85. The summed E-state index contributed by atoms with van der Waals surface area (Å²) in [4.78, 5) is 23.4. The number of ether oxygens (including phenoxy) is 1. The number of methoxy groups -OCH3 is 1. The number of anilines is 1. The Balaban J connectivity index is 1.60. The number of hydrogen-bond donors (Lipinski definition) is 3. The van der Waals surface area contributed by atoms with Crippen LogP contribution in [0.4, 0.5) is 10.5 Å². The predicted octanol–water partition coefficient (Wildman–Crippen LogP) is 1.82. The van der Waals surface area contributed by atoms with Crippen molar-refractivity contribution < 1.29 is 14.3 Å². The molecular formula is C18H21N3O3. The van der Waals surface area contributed by atoms with Gasteiger partial charge in [0.15, 0.2) is 0 Å². The van der Waals surface area contributed by atoms with Crippen LogP contribution in [0.1, 0.15) is 11.1 Å². The average Bonchev–Trinajstić information content (AvgIpc) is 2.99. The standard InChI is InChI=1S/C18H21N3O3/c1-24-10-9-19-18(23)21-16(22)11-20-15-8-7-13-6-5-12-3-2-4-14(15)17(12)13/h2-4,7-8,20H,5-6,9-11H2,1H3,(H2,19,21,22,23). The van der Waals surface area contributed by atoms with Crippen molar-refractivity contribution in [3.8, 4) is 0 Å². The summed E-state index contributed by atoms with van der Waals surface area (Å²) >= 11 is 0. The molecule has 0 spiro atoms. The number of urea groups is 1. The van der Waals surface area contributed by atoms with Crippen LogP contribution >= 0.6 is 0 Å². The van der Waals surface area contributed by atoms with Crippen LogP contribution in [0.15, 0.2) is 30.3 Å². The highest BCUT2D eigenvalue weighted by molar-refractivity contribution is 6.01. The van der Waals surface area contributed by atoms with Gasteiger partial charge in [0.05, 0.1) is 13.2 Å². The summed E-state index contributed by atoms with van der Waals surface area (Å²) in [6.07, 6.45) is 2.14. The first-order chi connectivity index (χ1) is 11.7. The number of amides is 3. The molecule has 0 fully saturated rings. The number of rotatable bonds is 6. The Morgan fingerprint density at radius 2 is 1.92 bits per heavy atom. The molecule has 1 aliphatic rings. The van der Waals surface area contributed by atoms with E-state index < -0.39 is 6.03 Å². The highest BCUT2D eigenvalue weighted by Crippen LogP contribution is 2.34. The molecule has 0 atom stereocenters. The van der Waals surface area contributed by atoms with E-state index >= 15 is 0 Å². The van der Waals surface area contributed by atoms with Crippen molar-refractivity contribution >= 4 is 28.4 Å². The van der Waals surface area contributed by atoms with Gasteiger partial charge < -0.3 is 15.4 Å². The molecule has 3 rings (SSSR count). The molecule has 6 heteroatoms. The summed E-state index contributed by atoms with van der Waals surface area (Å²) in [5.74, 6) is -0.381. The molecule has 0 radical (unpaired) electrons. The van der Waals surface area contributed by atoms with Crippen LogP contribution in [-0.2, 0) is 22.4 Å². The smallest absolute Gasteiger partial charge is 0.321 e. The molecule has 0 aliphatic heterocycles. The Bertz CT molecular complexity index is 763. The highest BCUT2D eigenvalue weighted by atomic mass is 16.5. The Morgan fingerprint density at radius 1 is 1.12 bits per heavy atom. The van der Waals surface area contributed by atoms with Crippen LogP contribution in [-0.4, -0.2) is 38.7 Å². The third-order valence-electron chi connectivity index (χ3n) is 4.16. The third-order valence-corrected chi connectivity index (χ3v) is 4.16. The molecule has 2 aromatic rings. The van der Waals surface area contributed by atoms with E-state index in [0.29, 0.717) is 13.2 Å². The molecule has 0 bridgehead atoms. The highest BCUT2D eigenvalue weighted by Gasteiger charge is 2.16. The van der Waals surface area contributed by atoms with E-state index in [1.54, 1.807) is 7.11 Å². The lowest BCUT2D eigenvalue weighted by molar-refractivity contribution is -0.118. The maximum atomic E-state index is 11.9. The van der Waals surface area contributed by atoms with Crippen molar-refractivity contribution in [1.29, 1.82) is 0 Å². The lowest BCUT2D eigenvalue weighted by atomic mass is 10.0. The molecule has 2 aromatic carbocycles. The molecule has 6 nitrogen and oxygen atoms in total. The molecule has 126 valence electrons. The van der Waals surface area contributed by atoms with Crippen LogP contribution in [0.25, 0.3) is 10.8 Å². The summed E-state index contributed by atoms with van der Waals surface area (Å²) in [5, 5.41) is 10.4. The molecule has 3 amide bonds. The van der Waals surface area contributed by atoms with E-state index in [9.17, 15) is 9.59 Å². The quantitative estimate of drug-likeness (QED) is 0.707. The molecule has 0 saturated heterocycles. The van der Waals surface area contributed by atoms with Gasteiger partial charge in [-0.25, -0.2) is 4.79 Å². The minimum Gasteiger partial charge on any atom is -0.383 e. The maximum Gasteiger partial charge on any atom is 0.321 e. The van der Waals surface area contributed by atoms with Gasteiger partial charge >= 0.3 is 6.03 Å². The first-order valence-corrected chi connectivity index (χ1v) is 8.03. The van der Waals surface area contributed by atoms with Crippen molar-refractivity contribution in [3.05, 3.63) is 41.5 Å². The second-order valence-corrected chi connectivity index (χ2v) is 5.76. The van der Waals surface area contributed by atoms with Crippen molar-refractivity contribution in [1.82, 2.24) is 10.6 Å². The SMILES string of the molecule is COCCNC(=O)NC(=O)CNc1ccc2c3c(cccc13)CC2. The molecule has 24 heavy (non-hydrogen) atoms. The van der Waals surface area contributed by atoms with E-state index in [-0.39, 0.29) is 12.5 Å².